The molecule has 0 amide bonds. The Labute approximate surface area is 102 Å². The van der Waals surface area contributed by atoms with Crippen LogP contribution in [-0.4, -0.2) is 25.7 Å². The number of carbonyl (C=O) groups excluding carboxylic acids is 1. The van der Waals surface area contributed by atoms with Gasteiger partial charge in [-0.2, -0.15) is 0 Å². The molecule has 0 saturated carbocycles. The molecular formula is C14H20NO2+. The number of rotatable bonds is 3. The van der Waals surface area contributed by atoms with Crippen LogP contribution in [0.4, 0.5) is 0 Å². The second kappa shape index (κ2) is 5.82. The van der Waals surface area contributed by atoms with Crippen LogP contribution in [0.3, 0.4) is 0 Å². The zero-order valence-electron chi connectivity index (χ0n) is 10.3. The molecule has 0 radical (unpaired) electrons. The molecule has 1 aromatic carbocycles. The van der Waals surface area contributed by atoms with Crippen molar-refractivity contribution in [2.45, 2.75) is 19.3 Å². The minimum atomic E-state index is -0.0329. The molecule has 1 aromatic rings. The Bertz CT molecular complexity index is 364. The lowest BCUT2D eigenvalue weighted by atomic mass is 9.81. The third-order valence-corrected chi connectivity index (χ3v) is 3.41. The average molecular weight is 234 g/mol. The SMILES string of the molecule is CCOC(=O)[C@@H]1CC[NH2+]C[C@@H]1c1ccccc1. The Morgan fingerprint density at radius 1 is 1.41 bits per heavy atom. The van der Waals surface area contributed by atoms with Crippen molar-refractivity contribution < 1.29 is 14.8 Å². The number of esters is 1. The Kier molecular flexibility index (Phi) is 4.15. The first-order valence-corrected chi connectivity index (χ1v) is 6.36. The van der Waals surface area contributed by atoms with Gasteiger partial charge in [-0.25, -0.2) is 0 Å². The van der Waals surface area contributed by atoms with Crippen molar-refractivity contribution in [3.63, 3.8) is 0 Å². The van der Waals surface area contributed by atoms with Gasteiger partial charge in [0.05, 0.1) is 25.6 Å². The summed E-state index contributed by atoms with van der Waals surface area (Å²) in [5, 5.41) is 2.29. The second-order valence-electron chi connectivity index (χ2n) is 4.48. The van der Waals surface area contributed by atoms with Gasteiger partial charge in [0.25, 0.3) is 0 Å². The molecule has 92 valence electrons. The maximum Gasteiger partial charge on any atom is 0.310 e. The highest BCUT2D eigenvalue weighted by molar-refractivity contribution is 5.73. The van der Waals surface area contributed by atoms with Crippen molar-refractivity contribution in [3.8, 4) is 0 Å². The highest BCUT2D eigenvalue weighted by atomic mass is 16.5. The number of piperidine rings is 1. The summed E-state index contributed by atoms with van der Waals surface area (Å²) in [5.41, 5.74) is 1.25. The lowest BCUT2D eigenvalue weighted by Crippen LogP contribution is -2.88. The second-order valence-corrected chi connectivity index (χ2v) is 4.48. The van der Waals surface area contributed by atoms with Gasteiger partial charge >= 0.3 is 5.97 Å². The fourth-order valence-electron chi connectivity index (χ4n) is 2.56. The lowest BCUT2D eigenvalue weighted by molar-refractivity contribution is -0.666. The number of nitrogens with two attached hydrogens (primary N) is 1. The van der Waals surface area contributed by atoms with Crippen LogP contribution < -0.4 is 5.32 Å². The molecule has 1 aliphatic heterocycles. The molecule has 1 fully saturated rings. The van der Waals surface area contributed by atoms with E-state index in [9.17, 15) is 4.79 Å². The van der Waals surface area contributed by atoms with Crippen LogP contribution in [0.1, 0.15) is 24.8 Å². The Morgan fingerprint density at radius 3 is 2.88 bits per heavy atom. The van der Waals surface area contributed by atoms with Crippen LogP contribution >= 0.6 is 0 Å². The van der Waals surface area contributed by atoms with Gasteiger partial charge in [0.1, 0.15) is 0 Å². The van der Waals surface area contributed by atoms with Crippen molar-refractivity contribution in [2.75, 3.05) is 19.7 Å². The lowest BCUT2D eigenvalue weighted by Gasteiger charge is -2.28. The highest BCUT2D eigenvalue weighted by Gasteiger charge is 2.34. The minimum Gasteiger partial charge on any atom is -0.466 e. The summed E-state index contributed by atoms with van der Waals surface area (Å²) >= 11 is 0. The molecule has 0 aliphatic carbocycles. The number of hydrogen-bond acceptors (Lipinski definition) is 2. The molecular weight excluding hydrogens is 214 g/mol. The molecule has 1 aliphatic rings. The molecule has 2 N–H and O–H groups in total. The Morgan fingerprint density at radius 2 is 2.18 bits per heavy atom. The van der Waals surface area contributed by atoms with Gasteiger partial charge in [-0.3, -0.25) is 4.79 Å². The van der Waals surface area contributed by atoms with E-state index in [1.807, 2.05) is 25.1 Å². The Balaban J connectivity index is 2.15. The van der Waals surface area contributed by atoms with Crippen molar-refractivity contribution >= 4 is 5.97 Å². The normalized spacial score (nSPS) is 24.3. The summed E-state index contributed by atoms with van der Waals surface area (Å²) in [6.07, 6.45) is 0.915. The summed E-state index contributed by atoms with van der Waals surface area (Å²) in [4.78, 5) is 11.9. The van der Waals surface area contributed by atoms with E-state index in [4.69, 9.17) is 4.74 Å². The van der Waals surface area contributed by atoms with Crippen LogP contribution in [0, 0.1) is 5.92 Å². The fraction of sp³-hybridized carbons (Fsp3) is 0.500. The number of ether oxygens (including phenoxy) is 1. The first-order chi connectivity index (χ1) is 8.33. The summed E-state index contributed by atoms with van der Waals surface area (Å²) < 4.78 is 5.18. The number of hydrogen-bond donors (Lipinski definition) is 1. The van der Waals surface area contributed by atoms with E-state index in [0.29, 0.717) is 12.5 Å². The van der Waals surface area contributed by atoms with Crippen molar-refractivity contribution in [2.24, 2.45) is 5.92 Å². The maximum absolute atomic E-state index is 11.9. The van der Waals surface area contributed by atoms with E-state index >= 15 is 0 Å². The van der Waals surface area contributed by atoms with Crippen LogP contribution in [0.5, 0.6) is 0 Å². The van der Waals surface area contributed by atoms with E-state index in [-0.39, 0.29) is 11.9 Å². The minimum absolute atomic E-state index is 0.0300. The average Bonchev–Trinajstić information content (AvgIpc) is 2.40. The standard InChI is InChI=1S/C14H19NO2/c1-2-17-14(16)12-8-9-15-10-13(12)11-6-4-3-5-7-11/h3-7,12-13,15H,2,8-10H2,1H3/p+1/t12-,13-/m1/s1. The quantitative estimate of drug-likeness (QED) is 0.790. The molecule has 0 spiro atoms. The topological polar surface area (TPSA) is 42.9 Å². The van der Waals surface area contributed by atoms with Gasteiger partial charge in [0.15, 0.2) is 0 Å². The molecule has 3 nitrogen and oxygen atoms in total. The van der Waals surface area contributed by atoms with E-state index < -0.39 is 0 Å². The third-order valence-electron chi connectivity index (χ3n) is 3.41. The van der Waals surface area contributed by atoms with Crippen molar-refractivity contribution in [3.05, 3.63) is 35.9 Å². The van der Waals surface area contributed by atoms with Crippen LogP contribution in [0.15, 0.2) is 30.3 Å². The van der Waals surface area contributed by atoms with Crippen LogP contribution in [-0.2, 0) is 9.53 Å². The maximum atomic E-state index is 11.9. The monoisotopic (exact) mass is 234 g/mol. The summed E-state index contributed by atoms with van der Waals surface area (Å²) in [7, 11) is 0. The predicted octanol–water partition coefficient (Wildman–Crippen LogP) is 0.917. The van der Waals surface area contributed by atoms with E-state index in [0.717, 1.165) is 19.5 Å². The van der Waals surface area contributed by atoms with Crippen LogP contribution in [0.25, 0.3) is 0 Å². The molecule has 1 heterocycles. The molecule has 2 atom stereocenters. The molecule has 17 heavy (non-hydrogen) atoms. The zero-order chi connectivity index (χ0) is 12.1. The molecule has 3 heteroatoms. The van der Waals surface area contributed by atoms with Gasteiger partial charge in [-0.05, 0) is 12.5 Å². The Hall–Kier alpha value is -1.35. The number of carbonyl (C=O) groups is 1. The largest absolute Gasteiger partial charge is 0.466 e. The van der Waals surface area contributed by atoms with Crippen molar-refractivity contribution in [1.82, 2.24) is 0 Å². The first-order valence-electron chi connectivity index (χ1n) is 6.36. The fourth-order valence-corrected chi connectivity index (χ4v) is 2.56. The van der Waals surface area contributed by atoms with Gasteiger partial charge in [-0.15, -0.1) is 0 Å². The smallest absolute Gasteiger partial charge is 0.310 e. The van der Waals surface area contributed by atoms with Gasteiger partial charge in [0.2, 0.25) is 0 Å². The summed E-state index contributed by atoms with van der Waals surface area (Å²) in [6, 6.07) is 10.3. The zero-order valence-corrected chi connectivity index (χ0v) is 10.3. The van der Waals surface area contributed by atoms with E-state index in [2.05, 4.69) is 17.4 Å². The first kappa shape index (κ1) is 12.1. The molecule has 1 saturated heterocycles. The number of benzene rings is 1. The van der Waals surface area contributed by atoms with Crippen molar-refractivity contribution in [1.29, 1.82) is 0 Å². The van der Waals surface area contributed by atoms with E-state index in [1.165, 1.54) is 5.56 Å². The van der Waals surface area contributed by atoms with E-state index in [1.54, 1.807) is 0 Å². The van der Waals surface area contributed by atoms with Gasteiger partial charge in [0, 0.05) is 12.3 Å². The molecule has 0 aromatic heterocycles. The third kappa shape index (κ3) is 2.86. The number of quaternary nitrogens is 1. The predicted molar refractivity (Wildman–Crippen MR) is 65.6 cm³/mol. The molecule has 0 bridgehead atoms. The highest BCUT2D eigenvalue weighted by Crippen LogP contribution is 2.28. The van der Waals surface area contributed by atoms with Crippen LogP contribution in [0.2, 0.25) is 0 Å². The summed E-state index contributed by atoms with van der Waals surface area (Å²) in [5.74, 6) is 0.292. The van der Waals surface area contributed by atoms with Gasteiger partial charge < -0.3 is 10.1 Å². The molecule has 2 rings (SSSR count). The van der Waals surface area contributed by atoms with Gasteiger partial charge in [-0.1, -0.05) is 30.3 Å². The summed E-state index contributed by atoms with van der Waals surface area (Å²) in [6.45, 7) is 4.34. The molecule has 0 unspecified atom stereocenters.